The van der Waals surface area contributed by atoms with Gasteiger partial charge in [-0.2, -0.15) is 4.98 Å². The lowest BCUT2D eigenvalue weighted by Gasteiger charge is -2.07. The molecule has 0 amide bonds. The van der Waals surface area contributed by atoms with Gasteiger partial charge in [0.1, 0.15) is 0 Å². The minimum absolute atomic E-state index is 0.280. The van der Waals surface area contributed by atoms with Gasteiger partial charge in [-0.25, -0.2) is 4.68 Å². The third-order valence-electron chi connectivity index (χ3n) is 4.24. The lowest BCUT2D eigenvalue weighted by atomic mass is 10.2. The van der Waals surface area contributed by atoms with Gasteiger partial charge < -0.3 is 14.0 Å². The smallest absolute Gasteiger partial charge is 0.280 e. The van der Waals surface area contributed by atoms with E-state index in [1.165, 1.54) is 0 Å². The molecule has 0 saturated carbocycles. The Morgan fingerprint density at radius 2 is 1.75 bits per heavy atom. The summed E-state index contributed by atoms with van der Waals surface area (Å²) in [5.74, 6) is 1.90. The lowest BCUT2D eigenvalue weighted by molar-refractivity contribution is 0.355. The summed E-state index contributed by atoms with van der Waals surface area (Å²) in [7, 11) is 3.15. The molecule has 0 unspecified atom stereocenters. The van der Waals surface area contributed by atoms with Gasteiger partial charge >= 0.3 is 0 Å². The van der Waals surface area contributed by atoms with Crippen molar-refractivity contribution in [1.82, 2.24) is 25.1 Å². The maximum Gasteiger partial charge on any atom is 0.280 e. The highest BCUT2D eigenvalue weighted by Gasteiger charge is 2.19. The fourth-order valence-electron chi connectivity index (χ4n) is 2.77. The number of hydrogen-bond donors (Lipinski definition) is 0. The van der Waals surface area contributed by atoms with Crippen molar-refractivity contribution in [1.29, 1.82) is 0 Å². The van der Waals surface area contributed by atoms with Gasteiger partial charge in [-0.3, -0.25) is 0 Å². The molecule has 9 heteroatoms. The van der Waals surface area contributed by atoms with Crippen LogP contribution in [0.1, 0.15) is 5.69 Å². The molecule has 4 aromatic rings. The first kappa shape index (κ1) is 18.0. The van der Waals surface area contributed by atoms with E-state index in [9.17, 15) is 0 Å². The zero-order valence-electron chi connectivity index (χ0n) is 15.4. The van der Waals surface area contributed by atoms with E-state index in [2.05, 4.69) is 20.5 Å². The average Bonchev–Trinajstić information content (AvgIpc) is 3.35. The van der Waals surface area contributed by atoms with E-state index in [4.69, 9.17) is 25.6 Å². The van der Waals surface area contributed by atoms with E-state index < -0.39 is 0 Å². The quantitative estimate of drug-likeness (QED) is 0.503. The molecule has 0 aliphatic carbocycles. The first-order valence-electron chi connectivity index (χ1n) is 8.35. The fraction of sp³-hybridized carbons (Fsp3) is 0.158. The minimum Gasteiger partial charge on any atom is -0.493 e. The Labute approximate surface area is 165 Å². The molecule has 0 aliphatic rings. The second-order valence-electron chi connectivity index (χ2n) is 5.90. The van der Waals surface area contributed by atoms with Crippen LogP contribution in [0.2, 0.25) is 5.02 Å². The van der Waals surface area contributed by atoms with Crippen molar-refractivity contribution in [3.05, 3.63) is 53.2 Å². The summed E-state index contributed by atoms with van der Waals surface area (Å²) in [6, 6.07) is 12.7. The fourth-order valence-corrected chi connectivity index (χ4v) is 2.89. The molecule has 2 aromatic carbocycles. The molecule has 0 saturated heterocycles. The molecule has 0 atom stereocenters. The largest absolute Gasteiger partial charge is 0.493 e. The predicted octanol–water partition coefficient (Wildman–Crippen LogP) is 3.96. The highest BCUT2D eigenvalue weighted by atomic mass is 35.5. The van der Waals surface area contributed by atoms with E-state index in [0.29, 0.717) is 28.0 Å². The van der Waals surface area contributed by atoms with Gasteiger partial charge in [0.05, 0.1) is 25.6 Å². The molecule has 2 aromatic heterocycles. The van der Waals surface area contributed by atoms with Crippen molar-refractivity contribution in [2.75, 3.05) is 14.2 Å². The Balaban J connectivity index is 1.68. The number of halogens is 1. The Bertz CT molecular complexity index is 1120. The van der Waals surface area contributed by atoms with E-state index in [1.807, 2.05) is 25.1 Å². The van der Waals surface area contributed by atoms with Gasteiger partial charge in [0.25, 0.3) is 5.89 Å². The zero-order chi connectivity index (χ0) is 19.7. The molecule has 0 fully saturated rings. The van der Waals surface area contributed by atoms with Crippen molar-refractivity contribution in [2.24, 2.45) is 0 Å². The molecular weight excluding hydrogens is 382 g/mol. The number of benzene rings is 2. The van der Waals surface area contributed by atoms with Crippen molar-refractivity contribution >= 4 is 11.6 Å². The molecule has 4 rings (SSSR count). The maximum atomic E-state index is 5.95. The van der Waals surface area contributed by atoms with Crippen LogP contribution in [0.15, 0.2) is 47.0 Å². The minimum atomic E-state index is 0.280. The van der Waals surface area contributed by atoms with Gasteiger partial charge in [-0.15, -0.1) is 5.10 Å². The van der Waals surface area contributed by atoms with Crippen LogP contribution in [0.3, 0.4) is 0 Å². The van der Waals surface area contributed by atoms with Crippen molar-refractivity contribution in [2.45, 2.75) is 6.92 Å². The molecule has 0 N–H and O–H groups in total. The van der Waals surface area contributed by atoms with Crippen LogP contribution in [-0.2, 0) is 0 Å². The summed E-state index contributed by atoms with van der Waals surface area (Å²) in [5, 5.41) is 13.1. The highest BCUT2D eigenvalue weighted by molar-refractivity contribution is 6.30. The van der Waals surface area contributed by atoms with Crippen molar-refractivity contribution < 1.29 is 14.0 Å². The van der Waals surface area contributed by atoms with E-state index in [-0.39, 0.29) is 5.89 Å². The van der Waals surface area contributed by atoms with E-state index in [1.54, 1.807) is 43.2 Å². The lowest BCUT2D eigenvalue weighted by Crippen LogP contribution is -1.98. The summed E-state index contributed by atoms with van der Waals surface area (Å²) in [6.07, 6.45) is 0. The van der Waals surface area contributed by atoms with Crippen LogP contribution in [0.5, 0.6) is 11.5 Å². The first-order valence-corrected chi connectivity index (χ1v) is 8.73. The van der Waals surface area contributed by atoms with Crippen LogP contribution in [-0.4, -0.2) is 39.4 Å². The topological polar surface area (TPSA) is 88.1 Å². The number of nitrogens with zero attached hydrogens (tertiary/aromatic N) is 5. The average molecular weight is 398 g/mol. The summed E-state index contributed by atoms with van der Waals surface area (Å²) in [5.41, 5.74) is 2.84. The summed E-state index contributed by atoms with van der Waals surface area (Å²) in [6.45, 7) is 1.88. The number of rotatable bonds is 5. The van der Waals surface area contributed by atoms with Crippen LogP contribution in [0.4, 0.5) is 0 Å². The molecule has 2 heterocycles. The van der Waals surface area contributed by atoms with Gasteiger partial charge in [-0.1, -0.05) is 22.0 Å². The molecule has 142 valence electrons. The van der Waals surface area contributed by atoms with Gasteiger partial charge in [0.15, 0.2) is 17.2 Å². The second-order valence-corrected chi connectivity index (χ2v) is 6.34. The van der Waals surface area contributed by atoms with E-state index in [0.717, 1.165) is 16.9 Å². The highest BCUT2D eigenvalue weighted by Crippen LogP contribution is 2.32. The molecule has 28 heavy (non-hydrogen) atoms. The molecular formula is C19H16ClN5O3. The van der Waals surface area contributed by atoms with Crippen LogP contribution in [0, 0.1) is 6.92 Å². The van der Waals surface area contributed by atoms with Gasteiger partial charge in [0, 0.05) is 10.6 Å². The zero-order valence-corrected chi connectivity index (χ0v) is 16.1. The Hall–Kier alpha value is -3.39. The normalized spacial score (nSPS) is 10.9. The van der Waals surface area contributed by atoms with E-state index >= 15 is 0 Å². The standard InChI is InChI=1S/C19H16ClN5O3/c1-11-17(22-24-25(11)14-7-5-13(20)6-8-14)19-21-18(23-28-19)12-4-9-15(26-2)16(10-12)27-3/h4-10H,1-3H3. The Morgan fingerprint density at radius 3 is 2.46 bits per heavy atom. The number of methoxy groups -OCH3 is 2. The second kappa shape index (κ2) is 7.32. The van der Waals surface area contributed by atoms with Gasteiger partial charge in [-0.05, 0) is 49.4 Å². The number of aromatic nitrogens is 5. The van der Waals surface area contributed by atoms with Crippen LogP contribution < -0.4 is 9.47 Å². The summed E-state index contributed by atoms with van der Waals surface area (Å²) < 4.78 is 17.7. The Kier molecular flexibility index (Phi) is 4.70. The van der Waals surface area contributed by atoms with Crippen molar-refractivity contribution in [3.63, 3.8) is 0 Å². The first-order chi connectivity index (χ1) is 13.6. The molecule has 0 bridgehead atoms. The molecule has 0 radical (unpaired) electrons. The van der Waals surface area contributed by atoms with Crippen LogP contribution >= 0.6 is 11.6 Å². The Morgan fingerprint density at radius 1 is 1.00 bits per heavy atom. The molecule has 0 aliphatic heterocycles. The number of ether oxygens (including phenoxy) is 2. The third-order valence-corrected chi connectivity index (χ3v) is 4.49. The van der Waals surface area contributed by atoms with Crippen molar-refractivity contribution in [3.8, 4) is 40.2 Å². The monoisotopic (exact) mass is 397 g/mol. The summed E-state index contributed by atoms with van der Waals surface area (Å²) in [4.78, 5) is 4.45. The third kappa shape index (κ3) is 3.18. The summed E-state index contributed by atoms with van der Waals surface area (Å²) >= 11 is 5.95. The van der Waals surface area contributed by atoms with Crippen LogP contribution in [0.25, 0.3) is 28.7 Å². The molecule has 8 nitrogen and oxygen atoms in total. The predicted molar refractivity (Wildman–Crippen MR) is 103 cm³/mol. The SMILES string of the molecule is COc1ccc(-c2noc(-c3nnn(-c4ccc(Cl)cc4)c3C)n2)cc1OC. The van der Waals surface area contributed by atoms with Gasteiger partial charge in [0.2, 0.25) is 5.82 Å². The number of hydrogen-bond acceptors (Lipinski definition) is 7. The molecule has 0 spiro atoms. The maximum absolute atomic E-state index is 5.95.